The lowest BCUT2D eigenvalue weighted by molar-refractivity contribution is 0.0951. The van der Waals surface area contributed by atoms with Gasteiger partial charge in [-0.1, -0.05) is 6.08 Å². The number of aromatic nitrogens is 2. The Balaban J connectivity index is 2.41. The molecule has 1 aromatic heterocycles. The number of allylic oxidation sites excluding steroid dienone is 1. The van der Waals surface area contributed by atoms with E-state index in [1.165, 1.54) is 4.57 Å². The fraction of sp³-hybridized carbons (Fsp3) is 0.267. The van der Waals surface area contributed by atoms with Crippen LogP contribution in [0.1, 0.15) is 16.8 Å². The fourth-order valence-electron chi connectivity index (χ4n) is 2.07. The van der Waals surface area contributed by atoms with E-state index in [2.05, 4.69) is 16.9 Å². The molecule has 0 aliphatic heterocycles. The second-order valence-electron chi connectivity index (χ2n) is 4.73. The van der Waals surface area contributed by atoms with Crippen LogP contribution in [0.5, 0.6) is 0 Å². The third-order valence-electron chi connectivity index (χ3n) is 3.18. The Labute approximate surface area is 132 Å². The van der Waals surface area contributed by atoms with Crippen LogP contribution in [-0.4, -0.2) is 33.7 Å². The lowest BCUT2D eigenvalue weighted by Crippen LogP contribution is -2.25. The standard InChI is InChI=1S/C15H17N3O3S/c1-2-7-18-14(21)11-5-4-10(9-12(11)17-15(18)22)13(20)16-6-3-8-19/h2,4-5,9,19H,1,3,6-8H2,(H,16,20)(H,17,22). The van der Waals surface area contributed by atoms with Gasteiger partial charge >= 0.3 is 0 Å². The maximum absolute atomic E-state index is 12.3. The molecular formula is C15H17N3O3S. The molecule has 22 heavy (non-hydrogen) atoms. The van der Waals surface area contributed by atoms with Crippen molar-refractivity contribution in [1.29, 1.82) is 0 Å². The van der Waals surface area contributed by atoms with Gasteiger partial charge in [0.1, 0.15) is 0 Å². The third-order valence-corrected chi connectivity index (χ3v) is 3.50. The minimum atomic E-state index is -0.259. The van der Waals surface area contributed by atoms with Crippen molar-refractivity contribution in [2.75, 3.05) is 13.2 Å². The summed E-state index contributed by atoms with van der Waals surface area (Å²) in [4.78, 5) is 27.3. The lowest BCUT2D eigenvalue weighted by Gasteiger charge is -2.08. The molecule has 6 nitrogen and oxygen atoms in total. The number of amides is 1. The van der Waals surface area contributed by atoms with Crippen LogP contribution in [0, 0.1) is 4.77 Å². The van der Waals surface area contributed by atoms with Crippen molar-refractivity contribution < 1.29 is 9.90 Å². The van der Waals surface area contributed by atoms with Crippen LogP contribution >= 0.6 is 12.2 Å². The van der Waals surface area contributed by atoms with Crippen molar-refractivity contribution in [1.82, 2.24) is 14.9 Å². The molecular weight excluding hydrogens is 302 g/mol. The zero-order valence-electron chi connectivity index (χ0n) is 12.0. The number of benzene rings is 1. The Bertz CT molecular complexity index is 823. The van der Waals surface area contributed by atoms with E-state index in [4.69, 9.17) is 17.3 Å². The van der Waals surface area contributed by atoms with Crippen LogP contribution in [0.25, 0.3) is 10.9 Å². The number of hydrogen-bond donors (Lipinski definition) is 3. The predicted molar refractivity (Wildman–Crippen MR) is 87.6 cm³/mol. The molecule has 0 unspecified atom stereocenters. The Morgan fingerprint density at radius 2 is 2.27 bits per heavy atom. The van der Waals surface area contributed by atoms with Gasteiger partial charge in [-0.15, -0.1) is 6.58 Å². The van der Waals surface area contributed by atoms with Gasteiger partial charge in [-0.25, -0.2) is 0 Å². The minimum absolute atomic E-state index is 0.0218. The summed E-state index contributed by atoms with van der Waals surface area (Å²) in [7, 11) is 0. The first-order chi connectivity index (χ1) is 10.6. The molecule has 0 saturated heterocycles. The van der Waals surface area contributed by atoms with Crippen molar-refractivity contribution >= 4 is 29.0 Å². The van der Waals surface area contributed by atoms with Gasteiger partial charge in [0.05, 0.1) is 10.9 Å². The van der Waals surface area contributed by atoms with Gasteiger partial charge in [0.15, 0.2) is 4.77 Å². The molecule has 0 aliphatic rings. The highest BCUT2D eigenvalue weighted by molar-refractivity contribution is 7.71. The number of hydrogen-bond acceptors (Lipinski definition) is 4. The average molecular weight is 319 g/mol. The van der Waals surface area contributed by atoms with Crippen molar-refractivity contribution in [2.45, 2.75) is 13.0 Å². The summed E-state index contributed by atoms with van der Waals surface area (Å²) in [6.07, 6.45) is 2.09. The van der Waals surface area contributed by atoms with Gasteiger partial charge in [-0.3, -0.25) is 14.2 Å². The summed E-state index contributed by atoms with van der Waals surface area (Å²) in [5, 5.41) is 11.9. The normalized spacial score (nSPS) is 10.6. The Morgan fingerprint density at radius 1 is 1.50 bits per heavy atom. The molecule has 0 bridgehead atoms. The van der Waals surface area contributed by atoms with Crippen LogP contribution in [0.4, 0.5) is 0 Å². The first-order valence-corrected chi connectivity index (χ1v) is 7.26. The SMILES string of the molecule is C=CCn1c(=S)[nH]c2cc(C(=O)NCCCO)ccc2c1=O. The molecule has 0 saturated carbocycles. The summed E-state index contributed by atoms with van der Waals surface area (Å²) < 4.78 is 1.70. The quantitative estimate of drug-likeness (QED) is 0.426. The maximum Gasteiger partial charge on any atom is 0.262 e. The topological polar surface area (TPSA) is 87.1 Å². The number of aliphatic hydroxyl groups is 1. The summed E-state index contributed by atoms with van der Waals surface area (Å²) in [5.74, 6) is -0.259. The fourth-order valence-corrected chi connectivity index (χ4v) is 2.34. The van der Waals surface area contributed by atoms with Crippen LogP contribution in [0.3, 0.4) is 0 Å². The molecule has 2 aromatic rings. The Morgan fingerprint density at radius 3 is 2.95 bits per heavy atom. The van der Waals surface area contributed by atoms with Gasteiger partial charge in [0, 0.05) is 25.3 Å². The zero-order valence-corrected chi connectivity index (χ0v) is 12.8. The lowest BCUT2D eigenvalue weighted by atomic mass is 10.1. The molecule has 0 fully saturated rings. The molecule has 0 radical (unpaired) electrons. The molecule has 1 heterocycles. The number of carbonyl (C=O) groups is 1. The summed E-state index contributed by atoms with van der Waals surface area (Å²) in [6.45, 7) is 4.34. The molecule has 3 N–H and O–H groups in total. The van der Waals surface area contributed by atoms with E-state index < -0.39 is 0 Å². The van der Waals surface area contributed by atoms with E-state index >= 15 is 0 Å². The second-order valence-corrected chi connectivity index (χ2v) is 5.11. The summed E-state index contributed by atoms with van der Waals surface area (Å²) in [6, 6.07) is 4.79. The molecule has 1 amide bonds. The highest BCUT2D eigenvalue weighted by Gasteiger charge is 2.09. The predicted octanol–water partition coefficient (Wildman–Crippen LogP) is 1.36. The summed E-state index contributed by atoms with van der Waals surface area (Å²) >= 11 is 5.16. The molecule has 0 aliphatic carbocycles. The van der Waals surface area contributed by atoms with Crippen molar-refractivity contribution in [3.05, 3.63) is 51.5 Å². The summed E-state index contributed by atoms with van der Waals surface area (Å²) in [5.41, 5.74) is 0.730. The van der Waals surface area contributed by atoms with E-state index in [9.17, 15) is 9.59 Å². The van der Waals surface area contributed by atoms with Crippen LogP contribution in [0.15, 0.2) is 35.6 Å². The van der Waals surface area contributed by atoms with Gasteiger partial charge in [0.2, 0.25) is 0 Å². The van der Waals surface area contributed by atoms with Crippen LogP contribution in [0.2, 0.25) is 0 Å². The number of aromatic amines is 1. The van der Waals surface area contributed by atoms with Gasteiger partial charge < -0.3 is 15.4 Å². The van der Waals surface area contributed by atoms with E-state index in [1.54, 1.807) is 24.3 Å². The highest BCUT2D eigenvalue weighted by atomic mass is 32.1. The monoisotopic (exact) mass is 319 g/mol. The Kier molecular flexibility index (Phi) is 5.24. The van der Waals surface area contributed by atoms with E-state index in [0.717, 1.165) is 0 Å². The molecule has 7 heteroatoms. The number of rotatable bonds is 6. The first kappa shape index (κ1) is 16.1. The zero-order chi connectivity index (χ0) is 16.1. The first-order valence-electron chi connectivity index (χ1n) is 6.85. The maximum atomic E-state index is 12.3. The molecule has 1 aromatic carbocycles. The van der Waals surface area contributed by atoms with Gasteiger partial charge in [0.25, 0.3) is 11.5 Å². The molecule has 116 valence electrons. The second kappa shape index (κ2) is 7.15. The van der Waals surface area contributed by atoms with Crippen molar-refractivity contribution in [2.24, 2.45) is 0 Å². The number of nitrogens with zero attached hydrogens (tertiary/aromatic N) is 1. The number of carbonyl (C=O) groups excluding carboxylic acids is 1. The number of fused-ring (bicyclic) bond motifs is 1. The number of H-pyrrole nitrogens is 1. The number of nitrogens with one attached hydrogen (secondary N) is 2. The van der Waals surface area contributed by atoms with Crippen LogP contribution < -0.4 is 10.9 Å². The minimum Gasteiger partial charge on any atom is -0.396 e. The van der Waals surface area contributed by atoms with Gasteiger partial charge in [-0.2, -0.15) is 0 Å². The van der Waals surface area contributed by atoms with Crippen LogP contribution in [-0.2, 0) is 6.54 Å². The average Bonchev–Trinajstić information content (AvgIpc) is 2.51. The number of aliphatic hydroxyl groups excluding tert-OH is 1. The largest absolute Gasteiger partial charge is 0.396 e. The molecule has 0 atom stereocenters. The highest BCUT2D eigenvalue weighted by Crippen LogP contribution is 2.11. The molecule has 2 rings (SSSR count). The van der Waals surface area contributed by atoms with E-state index in [1.807, 2.05) is 0 Å². The Hall–Kier alpha value is -2.25. The van der Waals surface area contributed by atoms with Crippen molar-refractivity contribution in [3.63, 3.8) is 0 Å². The third kappa shape index (κ3) is 3.32. The van der Waals surface area contributed by atoms with Crippen molar-refractivity contribution in [3.8, 4) is 0 Å². The van der Waals surface area contributed by atoms with E-state index in [-0.39, 0.29) is 22.8 Å². The molecule has 0 spiro atoms. The van der Waals surface area contributed by atoms with E-state index in [0.29, 0.717) is 36.0 Å². The van der Waals surface area contributed by atoms with Gasteiger partial charge in [-0.05, 0) is 36.8 Å². The smallest absolute Gasteiger partial charge is 0.262 e.